The minimum atomic E-state index is 0.266. The molecule has 0 bridgehead atoms. The van der Waals surface area contributed by atoms with Crippen molar-refractivity contribution in [1.82, 2.24) is 19.7 Å². The third-order valence-corrected chi connectivity index (χ3v) is 2.89. The summed E-state index contributed by atoms with van der Waals surface area (Å²) in [7, 11) is 1.53. The van der Waals surface area contributed by atoms with Crippen molar-refractivity contribution in [2.75, 3.05) is 7.11 Å². The standard InChI is InChI=1S/C12H9ClN4O/c1-18-10-11(13)14-7-15-12(10)17-9-5-3-2-4-8(9)6-16-17/h2-7H,1H3. The van der Waals surface area contributed by atoms with E-state index in [1.54, 1.807) is 10.9 Å². The van der Waals surface area contributed by atoms with Crippen molar-refractivity contribution in [3.63, 3.8) is 0 Å². The summed E-state index contributed by atoms with van der Waals surface area (Å²) in [5, 5.41) is 5.59. The predicted octanol–water partition coefficient (Wildman–Crippen LogP) is 2.48. The van der Waals surface area contributed by atoms with Gasteiger partial charge in [-0.15, -0.1) is 0 Å². The van der Waals surface area contributed by atoms with Gasteiger partial charge in [-0.3, -0.25) is 0 Å². The molecule has 0 fully saturated rings. The summed E-state index contributed by atoms with van der Waals surface area (Å²) in [6, 6.07) is 7.83. The average molecular weight is 261 g/mol. The Balaban J connectivity index is 2.30. The molecule has 0 aliphatic heterocycles. The van der Waals surface area contributed by atoms with Crippen LogP contribution < -0.4 is 4.74 Å². The van der Waals surface area contributed by atoms with Gasteiger partial charge in [0, 0.05) is 5.39 Å². The van der Waals surface area contributed by atoms with Gasteiger partial charge in [-0.05, 0) is 6.07 Å². The quantitative estimate of drug-likeness (QED) is 0.664. The Bertz CT molecular complexity index is 710. The molecule has 0 unspecified atom stereocenters. The Hall–Kier alpha value is -2.14. The molecule has 0 N–H and O–H groups in total. The van der Waals surface area contributed by atoms with Gasteiger partial charge in [0.15, 0.2) is 5.15 Å². The highest BCUT2D eigenvalue weighted by Crippen LogP contribution is 2.28. The van der Waals surface area contributed by atoms with Gasteiger partial charge < -0.3 is 4.74 Å². The smallest absolute Gasteiger partial charge is 0.201 e. The Kier molecular flexibility index (Phi) is 2.60. The van der Waals surface area contributed by atoms with E-state index in [2.05, 4.69) is 15.1 Å². The first-order chi connectivity index (χ1) is 8.81. The first kappa shape index (κ1) is 11.0. The molecule has 2 aromatic heterocycles. The first-order valence-corrected chi connectivity index (χ1v) is 5.66. The van der Waals surface area contributed by atoms with E-state index < -0.39 is 0 Å². The van der Waals surface area contributed by atoms with Crippen LogP contribution in [0, 0.1) is 0 Å². The lowest BCUT2D eigenvalue weighted by atomic mass is 10.2. The van der Waals surface area contributed by atoms with Gasteiger partial charge in [0.2, 0.25) is 11.6 Å². The van der Waals surface area contributed by atoms with E-state index >= 15 is 0 Å². The van der Waals surface area contributed by atoms with E-state index in [0.717, 1.165) is 10.9 Å². The maximum Gasteiger partial charge on any atom is 0.201 e. The first-order valence-electron chi connectivity index (χ1n) is 5.29. The molecule has 6 heteroatoms. The summed E-state index contributed by atoms with van der Waals surface area (Å²) in [4.78, 5) is 8.07. The number of rotatable bonds is 2. The monoisotopic (exact) mass is 260 g/mol. The highest BCUT2D eigenvalue weighted by Gasteiger charge is 2.14. The van der Waals surface area contributed by atoms with E-state index in [4.69, 9.17) is 16.3 Å². The molecule has 0 spiro atoms. The lowest BCUT2D eigenvalue weighted by Gasteiger charge is -2.08. The molecule has 0 radical (unpaired) electrons. The fraction of sp³-hybridized carbons (Fsp3) is 0.0833. The second-order valence-electron chi connectivity index (χ2n) is 3.64. The molecular formula is C12H9ClN4O. The zero-order valence-electron chi connectivity index (χ0n) is 9.54. The topological polar surface area (TPSA) is 52.8 Å². The highest BCUT2D eigenvalue weighted by atomic mass is 35.5. The molecule has 1 aromatic carbocycles. The molecule has 3 rings (SSSR count). The molecule has 0 atom stereocenters. The normalized spacial score (nSPS) is 10.8. The number of benzene rings is 1. The van der Waals surface area contributed by atoms with Crippen LogP contribution in [0.1, 0.15) is 0 Å². The molecule has 0 saturated heterocycles. The Labute approximate surface area is 108 Å². The van der Waals surface area contributed by atoms with Crippen molar-refractivity contribution < 1.29 is 4.74 Å². The molecule has 0 saturated carbocycles. The van der Waals surface area contributed by atoms with E-state index in [1.807, 2.05) is 24.3 Å². The highest BCUT2D eigenvalue weighted by molar-refractivity contribution is 6.31. The van der Waals surface area contributed by atoms with Gasteiger partial charge in [0.1, 0.15) is 6.33 Å². The van der Waals surface area contributed by atoms with Gasteiger partial charge in [0.05, 0.1) is 18.8 Å². The van der Waals surface area contributed by atoms with Gasteiger partial charge in [-0.25, -0.2) is 14.6 Å². The number of para-hydroxylation sites is 1. The summed E-state index contributed by atoms with van der Waals surface area (Å²) < 4.78 is 6.91. The third kappa shape index (κ3) is 1.60. The number of nitrogens with zero attached hydrogens (tertiary/aromatic N) is 4. The zero-order chi connectivity index (χ0) is 12.5. The molecule has 0 amide bonds. The number of methoxy groups -OCH3 is 1. The van der Waals surface area contributed by atoms with Gasteiger partial charge in [-0.1, -0.05) is 29.8 Å². The molecule has 18 heavy (non-hydrogen) atoms. The van der Waals surface area contributed by atoms with Crippen LogP contribution in [0.2, 0.25) is 5.15 Å². The number of fused-ring (bicyclic) bond motifs is 1. The zero-order valence-corrected chi connectivity index (χ0v) is 10.3. The van der Waals surface area contributed by atoms with Crippen LogP contribution >= 0.6 is 11.6 Å². The van der Waals surface area contributed by atoms with Crippen LogP contribution in [0.5, 0.6) is 5.75 Å². The Morgan fingerprint density at radius 3 is 2.89 bits per heavy atom. The van der Waals surface area contributed by atoms with Crippen molar-refractivity contribution >= 4 is 22.5 Å². The van der Waals surface area contributed by atoms with Gasteiger partial charge in [-0.2, -0.15) is 5.10 Å². The summed E-state index contributed by atoms with van der Waals surface area (Å²) in [6.45, 7) is 0. The minimum absolute atomic E-state index is 0.266. The second kappa shape index (κ2) is 4.27. The third-order valence-electron chi connectivity index (χ3n) is 2.62. The van der Waals surface area contributed by atoms with Crippen LogP contribution in [0.15, 0.2) is 36.8 Å². The predicted molar refractivity (Wildman–Crippen MR) is 68.2 cm³/mol. The van der Waals surface area contributed by atoms with Crippen LogP contribution in [0.4, 0.5) is 0 Å². The molecule has 3 aromatic rings. The van der Waals surface area contributed by atoms with E-state index in [-0.39, 0.29) is 5.15 Å². The average Bonchev–Trinajstić information content (AvgIpc) is 2.82. The number of aromatic nitrogens is 4. The fourth-order valence-electron chi connectivity index (χ4n) is 1.81. The van der Waals surface area contributed by atoms with Crippen LogP contribution in [-0.2, 0) is 0 Å². The van der Waals surface area contributed by atoms with Crippen molar-refractivity contribution in [3.05, 3.63) is 41.9 Å². The minimum Gasteiger partial charge on any atom is -0.490 e. The van der Waals surface area contributed by atoms with Crippen LogP contribution in [0.25, 0.3) is 16.7 Å². The SMILES string of the molecule is COc1c(Cl)ncnc1-n1ncc2ccccc21. The second-order valence-corrected chi connectivity index (χ2v) is 3.99. The van der Waals surface area contributed by atoms with E-state index in [9.17, 15) is 0 Å². The number of hydrogen-bond donors (Lipinski definition) is 0. The molecule has 0 aliphatic carbocycles. The number of hydrogen-bond acceptors (Lipinski definition) is 4. The summed E-state index contributed by atoms with van der Waals surface area (Å²) >= 11 is 5.98. The molecule has 5 nitrogen and oxygen atoms in total. The summed E-state index contributed by atoms with van der Waals surface area (Å²) in [5.41, 5.74) is 0.936. The van der Waals surface area contributed by atoms with Crippen LogP contribution in [0.3, 0.4) is 0 Å². The summed E-state index contributed by atoms with van der Waals surface area (Å²) in [6.07, 6.45) is 3.15. The molecule has 90 valence electrons. The van der Waals surface area contributed by atoms with Gasteiger partial charge in [0.25, 0.3) is 0 Å². The summed E-state index contributed by atoms with van der Waals surface area (Å²) in [5.74, 6) is 0.937. The van der Waals surface area contributed by atoms with Crippen molar-refractivity contribution in [3.8, 4) is 11.6 Å². The largest absolute Gasteiger partial charge is 0.490 e. The van der Waals surface area contributed by atoms with E-state index in [0.29, 0.717) is 11.6 Å². The van der Waals surface area contributed by atoms with Crippen molar-refractivity contribution in [2.45, 2.75) is 0 Å². The number of halogens is 1. The van der Waals surface area contributed by atoms with Crippen molar-refractivity contribution in [2.24, 2.45) is 0 Å². The van der Waals surface area contributed by atoms with Gasteiger partial charge >= 0.3 is 0 Å². The Morgan fingerprint density at radius 2 is 2.06 bits per heavy atom. The lowest BCUT2D eigenvalue weighted by molar-refractivity contribution is 0.407. The molecular weight excluding hydrogens is 252 g/mol. The maximum atomic E-state index is 5.98. The fourth-order valence-corrected chi connectivity index (χ4v) is 2.02. The molecule has 2 heterocycles. The molecule has 0 aliphatic rings. The maximum absolute atomic E-state index is 5.98. The number of ether oxygens (including phenoxy) is 1. The lowest BCUT2D eigenvalue weighted by Crippen LogP contribution is -2.03. The van der Waals surface area contributed by atoms with E-state index in [1.165, 1.54) is 13.4 Å². The van der Waals surface area contributed by atoms with Crippen molar-refractivity contribution in [1.29, 1.82) is 0 Å². The van der Waals surface area contributed by atoms with Crippen LogP contribution in [-0.4, -0.2) is 26.9 Å². The Morgan fingerprint density at radius 1 is 1.22 bits per heavy atom.